The number of nitrogens with two attached hydrogens (primary N) is 7. The molecule has 49 nitrogen and oxygen atoms in total. The Balaban J connectivity index is 3.31. The SMILES string of the molecule is C[C@H](NC(=O)[C@H](CCCN=C(N)N)NC(=O)CNC(=O)[C@H](CC(N)=O)NC(=O)[C@@H]1CCCN1C(=O)[C@H](CCC(=O)O)NC(=O)[C@H](CC(=O)O)NC(=O)[C@H](CCCCN)NC(=O)[C@@H](N)CCC(N)=O)C(=O)N[C@@H](CO)C(=O)N[C@@H](CC(=O)O)C(=O)N[C@H](C(=O)N[C@@H](C)C(=O)NCC(=O)N[C@@H](CCC(N)=O)C(=O)O)[C@@H](C)O. The molecule has 1 fully saturated rings. The number of aliphatic carboxylic acids is 4. The monoisotopic (exact) mass is 1570 g/mol. The molecular formula is C61H100N22O27. The molecule has 14 atom stereocenters. The number of carbonyl (C=O) groups is 21. The quantitative estimate of drug-likeness (QED) is 0.0153. The first-order valence-corrected chi connectivity index (χ1v) is 34.1. The number of carbonyl (C=O) groups excluding carboxylic acids is 17. The summed E-state index contributed by atoms with van der Waals surface area (Å²) in [6.07, 6.45) is -7.95. The minimum atomic E-state index is -2.14. The first-order chi connectivity index (χ1) is 51.4. The number of guanidine groups is 1. The Labute approximate surface area is 626 Å². The minimum Gasteiger partial charge on any atom is -0.481 e. The van der Waals surface area contributed by atoms with Gasteiger partial charge in [-0.15, -0.1) is 0 Å². The fraction of sp³-hybridized carbons (Fsp3) is 0.639. The van der Waals surface area contributed by atoms with Crippen molar-refractivity contribution >= 4 is 130 Å². The summed E-state index contributed by atoms with van der Waals surface area (Å²) in [5.41, 5.74) is 37.8. The average Bonchev–Trinajstić information content (AvgIpc) is 1.63. The van der Waals surface area contributed by atoms with Crippen molar-refractivity contribution in [3.8, 4) is 0 Å². The van der Waals surface area contributed by atoms with E-state index in [4.69, 9.17) is 40.1 Å². The molecule has 49 heteroatoms. The predicted octanol–water partition coefficient (Wildman–Crippen LogP) is -14.2. The van der Waals surface area contributed by atoms with Crippen LogP contribution in [0.3, 0.4) is 0 Å². The molecule has 0 aromatic heterocycles. The van der Waals surface area contributed by atoms with Crippen molar-refractivity contribution in [2.24, 2.45) is 45.1 Å². The lowest BCUT2D eigenvalue weighted by Gasteiger charge is -2.30. The fourth-order valence-corrected chi connectivity index (χ4v) is 10.1. The van der Waals surface area contributed by atoms with Crippen molar-refractivity contribution < 1.29 is 131 Å². The number of nitrogens with zero attached hydrogens (tertiary/aromatic N) is 2. The maximum atomic E-state index is 14.3. The standard InChI is InChI=1S/C61H100N22O27/c1-26(48(97)70-23-43(90)75-33(60(109)110)12-15-40(65)87)73-58(107)47(28(3)85)82-55(104)36(22-46(95)96)79-56(105)37(25-84)81-49(98)27(2)72-52(101)30(9-6-18-69-61(67)68)74-42(89)24-71-51(100)34(20-41(66)88)80-57(106)38-10-7-19-83(38)59(108)32(13-16-44(91)92)77-54(103)35(21-45(93)94)78-53(102)31(8-4-5-17-62)76-50(99)29(63)11-14-39(64)86/h26-38,47,84-85H,4-25,62-63H2,1-3H3,(H2,64,86)(H2,65,87)(H2,66,88)(H,70,97)(H,71,100)(H,72,101)(H,73,107)(H,74,89)(H,75,90)(H,76,99)(H,77,103)(H,78,102)(H,79,105)(H,80,106)(H,81,98)(H,82,104)(H,91,92)(H,93,94)(H,95,96)(H,109,110)(H4,67,68,69)/t26-,27-,28+,29-,30-,31-,32-,33-,34-,35-,36-,37-,38-,47-/m0/s1. The van der Waals surface area contributed by atoms with E-state index in [-0.39, 0.29) is 83.4 Å². The first-order valence-electron chi connectivity index (χ1n) is 34.1. The molecule has 1 saturated heterocycles. The number of likely N-dealkylation sites (tertiary alicyclic amines) is 1. The predicted molar refractivity (Wildman–Crippen MR) is 373 cm³/mol. The van der Waals surface area contributed by atoms with Crippen LogP contribution < -0.4 is 109 Å². The summed E-state index contributed by atoms with van der Waals surface area (Å²) < 4.78 is 0. The topological polar surface area (TPSA) is 834 Å². The third-order valence-electron chi connectivity index (χ3n) is 15.9. The van der Waals surface area contributed by atoms with Crippen molar-refractivity contribution in [2.75, 3.05) is 39.3 Å². The second kappa shape index (κ2) is 49.0. The van der Waals surface area contributed by atoms with Crippen LogP contribution in [0.4, 0.5) is 0 Å². The van der Waals surface area contributed by atoms with E-state index in [0.717, 1.165) is 25.7 Å². The molecule has 0 unspecified atom stereocenters. The molecule has 0 aliphatic carbocycles. The summed E-state index contributed by atoms with van der Waals surface area (Å²) in [5, 5.41) is 87.0. The first kappa shape index (κ1) is 96.0. The van der Waals surface area contributed by atoms with Crippen molar-refractivity contribution in [2.45, 2.75) is 208 Å². The summed E-state index contributed by atoms with van der Waals surface area (Å²) >= 11 is 0. The van der Waals surface area contributed by atoms with Crippen molar-refractivity contribution in [1.82, 2.24) is 74.0 Å². The number of rotatable bonds is 53. The zero-order chi connectivity index (χ0) is 83.8. The summed E-state index contributed by atoms with van der Waals surface area (Å²) in [6, 6.07) is -22.7. The zero-order valence-corrected chi connectivity index (χ0v) is 60.3. The molecule has 1 aliphatic rings. The third kappa shape index (κ3) is 37.0. The van der Waals surface area contributed by atoms with Crippen LogP contribution in [0.5, 0.6) is 0 Å². The Morgan fingerprint density at radius 1 is 0.445 bits per heavy atom. The molecule has 0 spiro atoms. The molecular weight excluding hydrogens is 1470 g/mol. The Morgan fingerprint density at radius 2 is 0.900 bits per heavy atom. The number of aliphatic hydroxyl groups excluding tert-OH is 2. The molecule has 110 heavy (non-hydrogen) atoms. The molecule has 17 amide bonds. The molecule has 616 valence electrons. The molecule has 0 radical (unpaired) electrons. The van der Waals surface area contributed by atoms with E-state index in [1.54, 1.807) is 0 Å². The largest absolute Gasteiger partial charge is 0.481 e. The second-order valence-electron chi connectivity index (χ2n) is 25.1. The Morgan fingerprint density at radius 3 is 1.42 bits per heavy atom. The van der Waals surface area contributed by atoms with Crippen LogP contribution in [-0.4, -0.2) is 290 Å². The highest BCUT2D eigenvalue weighted by atomic mass is 16.4. The number of carboxylic acids is 4. The van der Waals surface area contributed by atoms with Gasteiger partial charge in [0.25, 0.3) is 0 Å². The highest BCUT2D eigenvalue weighted by molar-refractivity contribution is 6.01. The van der Waals surface area contributed by atoms with E-state index in [1.165, 1.54) is 0 Å². The van der Waals surface area contributed by atoms with E-state index in [9.17, 15) is 131 Å². The normalized spacial score (nSPS) is 15.8. The van der Waals surface area contributed by atoms with Crippen LogP contribution in [-0.2, 0) is 101 Å². The van der Waals surface area contributed by atoms with Gasteiger partial charge in [0.1, 0.15) is 72.5 Å². The van der Waals surface area contributed by atoms with Crippen LogP contribution >= 0.6 is 0 Å². The Kier molecular flexibility index (Phi) is 42.8. The van der Waals surface area contributed by atoms with Gasteiger partial charge < -0.3 is 145 Å². The van der Waals surface area contributed by atoms with Gasteiger partial charge in [-0.1, -0.05) is 0 Å². The lowest BCUT2D eigenvalue weighted by molar-refractivity contribution is -0.144. The summed E-state index contributed by atoms with van der Waals surface area (Å²) in [4.78, 5) is 275. The third-order valence-corrected chi connectivity index (χ3v) is 15.9. The average molecular weight is 1570 g/mol. The van der Waals surface area contributed by atoms with E-state index < -0.39 is 267 Å². The fourth-order valence-electron chi connectivity index (χ4n) is 10.1. The number of hydrogen-bond donors (Lipinski definition) is 26. The Bertz CT molecular complexity index is 3380. The van der Waals surface area contributed by atoms with Crippen LogP contribution in [0, 0.1) is 0 Å². The highest BCUT2D eigenvalue weighted by Gasteiger charge is 2.42. The van der Waals surface area contributed by atoms with Gasteiger partial charge in [-0.05, 0) is 91.5 Å². The molecule has 1 aliphatic heterocycles. The minimum absolute atomic E-state index is 0.0638. The molecule has 0 aromatic carbocycles. The lowest BCUT2D eigenvalue weighted by Crippen LogP contribution is -2.61. The smallest absolute Gasteiger partial charge is 0.326 e. The second-order valence-corrected chi connectivity index (χ2v) is 25.1. The van der Waals surface area contributed by atoms with Gasteiger partial charge in [0.15, 0.2) is 5.96 Å². The van der Waals surface area contributed by atoms with Crippen molar-refractivity contribution in [3.63, 3.8) is 0 Å². The number of hydrogen-bond acceptors (Lipinski definition) is 26. The van der Waals surface area contributed by atoms with Gasteiger partial charge in [0, 0.05) is 32.4 Å². The number of amides is 17. The summed E-state index contributed by atoms with van der Waals surface area (Å²) in [5.74, 6) is -26.2. The molecule has 1 rings (SSSR count). The number of aliphatic imine (C=N–C) groups is 1. The van der Waals surface area contributed by atoms with Gasteiger partial charge in [0.2, 0.25) is 100 Å². The number of unbranched alkanes of at least 4 members (excludes halogenated alkanes) is 1. The van der Waals surface area contributed by atoms with E-state index in [2.05, 4.69) is 63.5 Å². The lowest BCUT2D eigenvalue weighted by atomic mass is 10.0. The Hall–Kier alpha value is -12.0. The number of primary amides is 3. The molecule has 0 bridgehead atoms. The van der Waals surface area contributed by atoms with Crippen LogP contribution in [0.2, 0.25) is 0 Å². The molecule has 33 N–H and O–H groups in total. The number of nitrogens with one attached hydrogen (secondary N) is 13. The van der Waals surface area contributed by atoms with Crippen LogP contribution in [0.25, 0.3) is 0 Å². The van der Waals surface area contributed by atoms with Gasteiger partial charge in [0.05, 0.1) is 51.1 Å². The van der Waals surface area contributed by atoms with Gasteiger partial charge in [-0.25, -0.2) is 4.79 Å². The van der Waals surface area contributed by atoms with Crippen LogP contribution in [0.1, 0.15) is 124 Å². The highest BCUT2D eigenvalue weighted by Crippen LogP contribution is 2.21. The summed E-state index contributed by atoms with van der Waals surface area (Å²) in [7, 11) is 0. The molecule has 0 saturated carbocycles. The van der Waals surface area contributed by atoms with Crippen molar-refractivity contribution in [1.29, 1.82) is 0 Å². The maximum Gasteiger partial charge on any atom is 0.326 e. The number of aliphatic hydroxyl groups is 2. The zero-order valence-electron chi connectivity index (χ0n) is 60.3. The molecule has 0 aromatic rings. The van der Waals surface area contributed by atoms with Gasteiger partial charge >= 0.3 is 23.9 Å². The van der Waals surface area contributed by atoms with Gasteiger partial charge in [-0.2, -0.15) is 0 Å². The number of carboxylic acid groups (broad SMARTS) is 4. The maximum absolute atomic E-state index is 14.3. The van der Waals surface area contributed by atoms with Gasteiger partial charge in [-0.3, -0.25) is 101 Å². The van der Waals surface area contributed by atoms with Crippen LogP contribution in [0.15, 0.2) is 4.99 Å². The van der Waals surface area contributed by atoms with Crippen molar-refractivity contribution in [3.05, 3.63) is 0 Å². The summed E-state index contributed by atoms with van der Waals surface area (Å²) in [6.45, 7) is -0.250. The van der Waals surface area contributed by atoms with E-state index in [0.29, 0.717) is 6.42 Å². The van der Waals surface area contributed by atoms with E-state index >= 15 is 0 Å². The van der Waals surface area contributed by atoms with E-state index in [1.807, 2.05) is 10.6 Å². The molecule has 1 heterocycles.